The Morgan fingerprint density at radius 3 is 1.47 bits per heavy atom. The predicted molar refractivity (Wildman–Crippen MR) is 414 cm³/mol. The fourth-order valence-corrected chi connectivity index (χ4v) is 18.7. The topological polar surface area (TPSA) is 14.7 Å². The van der Waals surface area contributed by atoms with Crippen LogP contribution in [0.15, 0.2) is 261 Å². The first kappa shape index (κ1) is 60.6. The molecule has 2 aromatic heterocycles. The van der Waals surface area contributed by atoms with Crippen molar-refractivity contribution in [2.45, 2.75) is 105 Å². The number of benzene rings is 12. The molecule has 0 N–H and O–H groups in total. The van der Waals surface area contributed by atoms with E-state index in [4.69, 9.17) is 0 Å². The van der Waals surface area contributed by atoms with E-state index in [1.807, 2.05) is 11.3 Å². The fraction of sp³-hybridized carbons (Fsp3) is 0.182. The fourth-order valence-electron chi connectivity index (χ4n) is 14.8. The maximum absolute atomic E-state index is 2.70. The molecular weight excluding hydrogens is 1230 g/mol. The van der Waals surface area contributed by atoms with Gasteiger partial charge < -0.3 is 0 Å². The van der Waals surface area contributed by atoms with Crippen LogP contribution in [-0.2, 0) is 21.7 Å². The van der Waals surface area contributed by atoms with Gasteiger partial charge in [-0.2, -0.15) is 0 Å². The van der Waals surface area contributed by atoms with E-state index < -0.39 is 0 Å². The summed E-state index contributed by atoms with van der Waals surface area (Å²) >= 11 is 1.81. The first-order chi connectivity index (χ1) is 45.7. The summed E-state index contributed by atoms with van der Waals surface area (Å²) in [6.45, 7) is 27.6. The molecule has 0 saturated heterocycles. The first-order valence-corrected chi connectivity index (χ1v) is 36.1. The van der Waals surface area contributed by atoms with Crippen molar-refractivity contribution in [2.24, 2.45) is 0 Å². The summed E-state index contributed by atoms with van der Waals surface area (Å²) in [5.74, 6) is 0. The van der Waals surface area contributed by atoms with Gasteiger partial charge in [0, 0.05) is 0 Å². The number of rotatable bonds is 9. The van der Waals surface area contributed by atoms with Crippen LogP contribution in [0.1, 0.15) is 105 Å². The van der Waals surface area contributed by atoms with E-state index in [1.54, 1.807) is 0 Å². The van der Waals surface area contributed by atoms with Crippen molar-refractivity contribution in [3.05, 3.63) is 283 Å². The summed E-state index contributed by atoms with van der Waals surface area (Å²) in [6, 6.07) is 100. The molecule has 2 aliphatic heterocycles. The molecule has 4 heterocycles. The third-order valence-electron chi connectivity index (χ3n) is 19.8. The van der Waals surface area contributed by atoms with Crippen LogP contribution in [0.25, 0.3) is 58.8 Å². The van der Waals surface area contributed by atoms with Gasteiger partial charge in [-0.25, -0.2) is 0 Å². The molecule has 2 aliphatic rings. The molecule has 0 saturated carbocycles. The van der Waals surface area contributed by atoms with Gasteiger partial charge >= 0.3 is 523 Å². The number of fused-ring (bicyclic) bond motifs is 11. The Morgan fingerprint density at radius 1 is 0.368 bits per heavy atom. The van der Waals surface area contributed by atoms with E-state index in [0.29, 0.717) is 0 Å². The summed E-state index contributed by atoms with van der Waals surface area (Å²) in [5, 5.41) is 5.03. The summed E-state index contributed by atoms with van der Waals surface area (Å²) in [6.07, 6.45) is 0. The standard InChI is InChI=1S/C88H79BN4SSe/c1-85(2,3)57-37-43-61(44-38-57)90(64-28-24-27-60(51-64)88(10,11)12)65-49-50-71-79(53-65)95-80-54-66(92-73-34-21-17-30-68(73)69-31-18-22-35-74(69)92)52-76-82(80)89(71)83-77(93(76)72-33-20-16-29-67(72)56-25-14-13-15-26-56)55-75(81-70-32-19-23-36-78(70)94-84(81)83)91(62-45-39-58(40-46-62)86(4,5)6)63-47-41-59(42-48-63)87(7,8)9/h13-55H,1-12H3. The van der Waals surface area contributed by atoms with E-state index >= 15 is 0 Å². The summed E-state index contributed by atoms with van der Waals surface area (Å²) < 4.78 is 7.91. The number of hydrogen-bond donors (Lipinski definition) is 0. The average Bonchev–Trinajstić information content (AvgIpc) is 1.67. The van der Waals surface area contributed by atoms with Gasteiger partial charge in [0.15, 0.2) is 0 Å². The van der Waals surface area contributed by atoms with Crippen LogP contribution in [0, 0.1) is 0 Å². The van der Waals surface area contributed by atoms with Gasteiger partial charge in [-0.1, -0.05) is 41.5 Å². The first-order valence-electron chi connectivity index (χ1n) is 33.6. The second-order valence-electron chi connectivity index (χ2n) is 30.2. The summed E-state index contributed by atoms with van der Waals surface area (Å²) in [5.41, 5.74) is 25.5. The van der Waals surface area contributed by atoms with Crippen LogP contribution in [0.5, 0.6) is 0 Å². The number of anilines is 9. The quantitative estimate of drug-likeness (QED) is 0.134. The van der Waals surface area contributed by atoms with E-state index in [-0.39, 0.29) is 43.3 Å². The molecule has 0 unspecified atom stereocenters. The molecular formula is C88H79BN4SSe. The van der Waals surface area contributed by atoms with Crippen molar-refractivity contribution in [1.29, 1.82) is 0 Å². The van der Waals surface area contributed by atoms with Crippen molar-refractivity contribution in [3.8, 4) is 16.8 Å². The molecule has 0 amide bonds. The van der Waals surface area contributed by atoms with E-state index in [1.165, 1.54) is 112 Å². The summed E-state index contributed by atoms with van der Waals surface area (Å²) in [7, 11) is 0. The zero-order valence-corrected chi connectivity index (χ0v) is 59.0. The molecule has 0 bridgehead atoms. The molecule has 0 radical (unpaired) electrons. The van der Waals surface area contributed by atoms with Crippen LogP contribution in [0.3, 0.4) is 0 Å². The number of nitrogens with zero attached hydrogens (tertiary/aromatic N) is 4. The van der Waals surface area contributed by atoms with Gasteiger partial charge in [0.1, 0.15) is 0 Å². The second kappa shape index (κ2) is 22.7. The third-order valence-corrected chi connectivity index (χ3v) is 23.4. The van der Waals surface area contributed by atoms with Crippen LogP contribution >= 0.6 is 11.3 Å². The van der Waals surface area contributed by atoms with Crippen molar-refractivity contribution in [2.75, 3.05) is 14.7 Å². The predicted octanol–water partition coefficient (Wildman–Crippen LogP) is 21.2. The maximum atomic E-state index is 2.70. The molecule has 0 aliphatic carbocycles. The molecule has 12 aromatic carbocycles. The second-order valence-corrected chi connectivity index (χ2v) is 33.5. The van der Waals surface area contributed by atoms with Gasteiger partial charge in [0.2, 0.25) is 0 Å². The Labute approximate surface area is 571 Å². The molecule has 7 heteroatoms. The Morgan fingerprint density at radius 2 is 0.874 bits per heavy atom. The minimum atomic E-state index is -0.147. The molecule has 14 aromatic rings. The van der Waals surface area contributed by atoms with E-state index in [9.17, 15) is 0 Å². The van der Waals surface area contributed by atoms with E-state index in [2.05, 4.69) is 363 Å². The molecule has 0 spiro atoms. The van der Waals surface area contributed by atoms with Crippen molar-refractivity contribution in [3.63, 3.8) is 0 Å². The van der Waals surface area contributed by atoms with Gasteiger partial charge in [-0.15, -0.1) is 0 Å². The van der Waals surface area contributed by atoms with Crippen molar-refractivity contribution in [1.82, 2.24) is 4.57 Å². The Bertz CT molecular complexity index is 5210. The average molecular weight is 1310 g/mol. The number of hydrogen-bond acceptors (Lipinski definition) is 4. The van der Waals surface area contributed by atoms with Gasteiger partial charge in [0.25, 0.3) is 0 Å². The number of thiophene rings is 1. The zero-order valence-electron chi connectivity index (χ0n) is 56.5. The molecule has 0 fully saturated rings. The number of para-hydroxylation sites is 3. The molecule has 4 nitrogen and oxygen atoms in total. The zero-order chi connectivity index (χ0) is 65.4. The van der Waals surface area contributed by atoms with Gasteiger partial charge in [-0.05, 0) is 10.8 Å². The van der Waals surface area contributed by atoms with Crippen LogP contribution in [0.4, 0.5) is 51.2 Å². The molecule has 466 valence electrons. The van der Waals surface area contributed by atoms with Crippen LogP contribution < -0.4 is 40.0 Å². The normalized spacial score (nSPS) is 13.2. The summed E-state index contributed by atoms with van der Waals surface area (Å²) in [4.78, 5) is 7.78. The van der Waals surface area contributed by atoms with Crippen LogP contribution in [0.2, 0.25) is 0 Å². The number of aromatic nitrogens is 1. The Kier molecular flexibility index (Phi) is 14.5. The monoisotopic (exact) mass is 1310 g/mol. The van der Waals surface area contributed by atoms with Gasteiger partial charge in [-0.3, -0.25) is 0 Å². The van der Waals surface area contributed by atoms with Gasteiger partial charge in [0.05, 0.1) is 0 Å². The van der Waals surface area contributed by atoms with E-state index in [0.717, 1.165) is 45.5 Å². The van der Waals surface area contributed by atoms with Crippen molar-refractivity contribution >= 4 is 151 Å². The molecule has 95 heavy (non-hydrogen) atoms. The minimum absolute atomic E-state index is 0.0119. The van der Waals surface area contributed by atoms with Crippen LogP contribution in [-0.4, -0.2) is 26.2 Å². The third kappa shape index (κ3) is 10.4. The molecule has 16 rings (SSSR count). The Hall–Kier alpha value is -9.36. The molecule has 0 atom stereocenters. The Balaban J connectivity index is 1.03. The SMILES string of the molecule is CC(C)(C)c1ccc(N(c2cccc(C(C)(C)C)c2)c2ccc3c(c2)[Se]c2cc(-n4c5ccccc5c5ccccc54)cc4c2B3c2c(cc(N(c3ccc(C(C)(C)C)cc3)c3ccc(C(C)(C)C)cc3)c3c2sc2ccccc23)N4c2ccccc2-c2ccccc2)cc1. The van der Waals surface area contributed by atoms with Crippen molar-refractivity contribution < 1.29 is 0 Å².